The van der Waals surface area contributed by atoms with E-state index in [0.29, 0.717) is 35.9 Å². The molecule has 0 amide bonds. The van der Waals surface area contributed by atoms with Crippen molar-refractivity contribution in [3.63, 3.8) is 0 Å². The van der Waals surface area contributed by atoms with E-state index in [1.165, 1.54) is 5.57 Å². The van der Waals surface area contributed by atoms with E-state index in [9.17, 15) is 14.7 Å². The normalized spacial score (nSPS) is 46.2. The average Bonchev–Trinajstić information content (AvgIpc) is 3.00. The lowest BCUT2D eigenvalue weighted by Crippen LogP contribution is -2.52. The van der Waals surface area contributed by atoms with Gasteiger partial charge in [-0.05, 0) is 92.4 Å². The van der Waals surface area contributed by atoms with Gasteiger partial charge in [0.05, 0.1) is 6.10 Å². The van der Waals surface area contributed by atoms with E-state index in [1.54, 1.807) is 0 Å². The van der Waals surface area contributed by atoms with E-state index >= 15 is 0 Å². The number of allylic oxidation sites excluding steroid dienone is 2. The van der Waals surface area contributed by atoms with Crippen molar-refractivity contribution in [1.82, 2.24) is 0 Å². The maximum Gasteiger partial charge on any atom is 0.303 e. The van der Waals surface area contributed by atoms with Gasteiger partial charge in [0.2, 0.25) is 0 Å². The number of aliphatic hydroxyl groups is 1. The van der Waals surface area contributed by atoms with Crippen LogP contribution in [0.3, 0.4) is 0 Å². The third-order valence-corrected chi connectivity index (χ3v) is 9.47. The molecule has 0 radical (unpaired) electrons. The highest BCUT2D eigenvalue weighted by Crippen LogP contribution is 2.65. The van der Waals surface area contributed by atoms with Crippen molar-refractivity contribution in [3.05, 3.63) is 11.6 Å². The van der Waals surface area contributed by atoms with Gasteiger partial charge < -0.3 is 10.2 Å². The molecule has 156 valence electrons. The number of aliphatic hydroxyl groups excluding tert-OH is 1. The molecule has 0 aromatic heterocycles. The van der Waals surface area contributed by atoms with E-state index < -0.39 is 5.97 Å². The Hall–Kier alpha value is -1.16. The molecular weight excluding hydrogens is 352 g/mol. The summed E-state index contributed by atoms with van der Waals surface area (Å²) in [6.45, 7) is 6.68. The third kappa shape index (κ3) is 2.89. The molecule has 8 atom stereocenters. The SMILES string of the molecule is C[C@H](CCC(=O)O)[C@@H]1CC[C@H]2[C@@H]3CC[C@@H]4C[C@H](O)CC[C@]4(C)C3=CC(=O)[C@]12C. The smallest absolute Gasteiger partial charge is 0.303 e. The fourth-order valence-corrected chi connectivity index (χ4v) is 7.79. The number of hydrogen-bond donors (Lipinski definition) is 2. The maximum atomic E-state index is 13.5. The molecule has 28 heavy (non-hydrogen) atoms. The predicted octanol–water partition coefficient (Wildman–Crippen LogP) is 4.61. The highest BCUT2D eigenvalue weighted by Gasteiger charge is 2.60. The molecule has 0 aliphatic heterocycles. The molecule has 0 saturated heterocycles. The Bertz CT molecular complexity index is 697. The summed E-state index contributed by atoms with van der Waals surface area (Å²) < 4.78 is 0. The van der Waals surface area contributed by atoms with Gasteiger partial charge in [-0.15, -0.1) is 0 Å². The molecule has 0 unspecified atom stereocenters. The fourth-order valence-electron chi connectivity index (χ4n) is 7.79. The van der Waals surface area contributed by atoms with Gasteiger partial charge in [-0.2, -0.15) is 0 Å². The number of hydrogen-bond acceptors (Lipinski definition) is 3. The summed E-state index contributed by atoms with van der Waals surface area (Å²) >= 11 is 0. The van der Waals surface area contributed by atoms with Gasteiger partial charge in [0, 0.05) is 11.8 Å². The van der Waals surface area contributed by atoms with Crippen LogP contribution in [-0.4, -0.2) is 28.1 Å². The summed E-state index contributed by atoms with van der Waals surface area (Å²) in [5.41, 5.74) is 1.14. The predicted molar refractivity (Wildman–Crippen MR) is 108 cm³/mol. The fraction of sp³-hybridized carbons (Fsp3) is 0.833. The summed E-state index contributed by atoms with van der Waals surface area (Å²) in [6.07, 6.45) is 9.87. The Morgan fingerprint density at radius 3 is 2.68 bits per heavy atom. The molecule has 4 aliphatic rings. The van der Waals surface area contributed by atoms with Gasteiger partial charge in [-0.3, -0.25) is 9.59 Å². The van der Waals surface area contributed by atoms with Crippen LogP contribution in [-0.2, 0) is 9.59 Å². The first-order valence-electron chi connectivity index (χ1n) is 11.3. The number of carboxylic acid groups (broad SMARTS) is 1. The molecule has 0 heterocycles. The lowest BCUT2D eigenvalue weighted by Gasteiger charge is -2.56. The molecule has 4 rings (SSSR count). The number of ketones is 1. The van der Waals surface area contributed by atoms with Crippen LogP contribution >= 0.6 is 0 Å². The molecule has 0 aromatic carbocycles. The molecule has 4 aliphatic carbocycles. The molecule has 0 spiro atoms. The minimum atomic E-state index is -0.741. The lowest BCUT2D eigenvalue weighted by atomic mass is 9.48. The number of fused-ring (bicyclic) bond motifs is 5. The Balaban J connectivity index is 1.63. The molecule has 3 fully saturated rings. The summed E-state index contributed by atoms with van der Waals surface area (Å²) in [5, 5.41) is 19.2. The minimum Gasteiger partial charge on any atom is -0.481 e. The topological polar surface area (TPSA) is 74.6 Å². The first-order valence-corrected chi connectivity index (χ1v) is 11.3. The second kappa shape index (κ2) is 6.97. The van der Waals surface area contributed by atoms with Gasteiger partial charge in [0.1, 0.15) is 0 Å². The summed E-state index contributed by atoms with van der Waals surface area (Å²) in [6, 6.07) is 0. The highest BCUT2D eigenvalue weighted by molar-refractivity contribution is 5.97. The van der Waals surface area contributed by atoms with Crippen molar-refractivity contribution < 1.29 is 19.8 Å². The van der Waals surface area contributed by atoms with Gasteiger partial charge in [0.15, 0.2) is 5.78 Å². The first-order chi connectivity index (χ1) is 13.2. The van der Waals surface area contributed by atoms with E-state index in [4.69, 9.17) is 5.11 Å². The maximum absolute atomic E-state index is 13.5. The van der Waals surface area contributed by atoms with E-state index in [2.05, 4.69) is 20.8 Å². The van der Waals surface area contributed by atoms with Crippen molar-refractivity contribution in [2.45, 2.75) is 84.7 Å². The number of carbonyl (C=O) groups is 2. The van der Waals surface area contributed by atoms with Crippen molar-refractivity contribution in [2.24, 2.45) is 40.4 Å². The number of carbonyl (C=O) groups excluding carboxylic acids is 1. The van der Waals surface area contributed by atoms with Crippen LogP contribution < -0.4 is 0 Å². The molecule has 2 N–H and O–H groups in total. The molecule has 4 nitrogen and oxygen atoms in total. The molecule has 0 aromatic rings. The van der Waals surface area contributed by atoms with Gasteiger partial charge in [0.25, 0.3) is 0 Å². The van der Waals surface area contributed by atoms with Crippen molar-refractivity contribution in [3.8, 4) is 0 Å². The molecule has 4 heteroatoms. The third-order valence-electron chi connectivity index (χ3n) is 9.47. The monoisotopic (exact) mass is 388 g/mol. The van der Waals surface area contributed by atoms with E-state index in [-0.39, 0.29) is 29.3 Å². The largest absolute Gasteiger partial charge is 0.481 e. The van der Waals surface area contributed by atoms with Crippen LogP contribution in [0.2, 0.25) is 0 Å². The lowest BCUT2D eigenvalue weighted by molar-refractivity contribution is -0.137. The first kappa shape index (κ1) is 20.1. The average molecular weight is 389 g/mol. The van der Waals surface area contributed by atoms with Crippen molar-refractivity contribution >= 4 is 11.8 Å². The van der Waals surface area contributed by atoms with E-state index in [1.807, 2.05) is 6.08 Å². The van der Waals surface area contributed by atoms with Crippen LogP contribution in [0.1, 0.15) is 78.6 Å². The van der Waals surface area contributed by atoms with Crippen molar-refractivity contribution in [1.29, 1.82) is 0 Å². The summed E-state index contributed by atoms with van der Waals surface area (Å²) in [7, 11) is 0. The van der Waals surface area contributed by atoms with Crippen molar-refractivity contribution in [2.75, 3.05) is 0 Å². The Morgan fingerprint density at radius 1 is 1.21 bits per heavy atom. The highest BCUT2D eigenvalue weighted by atomic mass is 16.4. The van der Waals surface area contributed by atoms with Crippen LogP contribution in [0.4, 0.5) is 0 Å². The van der Waals surface area contributed by atoms with Gasteiger partial charge in [-0.1, -0.05) is 26.3 Å². The zero-order valence-corrected chi connectivity index (χ0v) is 17.6. The van der Waals surface area contributed by atoms with Gasteiger partial charge >= 0.3 is 5.97 Å². The van der Waals surface area contributed by atoms with Crippen LogP contribution in [0.15, 0.2) is 11.6 Å². The second-order valence-electron chi connectivity index (χ2n) is 10.7. The molecule has 3 saturated carbocycles. The second-order valence-corrected chi connectivity index (χ2v) is 10.7. The Morgan fingerprint density at radius 2 is 1.96 bits per heavy atom. The molecule has 0 bridgehead atoms. The zero-order chi connectivity index (χ0) is 20.3. The van der Waals surface area contributed by atoms with Crippen LogP contribution in [0.25, 0.3) is 0 Å². The Kier molecular flexibility index (Phi) is 5.01. The standard InChI is InChI=1S/C24H36O4/c1-14(4-9-22(27)28)18-7-8-19-17-6-5-15-12-16(25)10-11-23(15,2)20(17)13-21(26)24(18,19)3/h13-19,25H,4-12H2,1-3H3,(H,27,28)/t14-,15-,16-,17+,18+,19+,23+,24-/m1/s1. The summed E-state index contributed by atoms with van der Waals surface area (Å²) in [4.78, 5) is 24.6. The quantitative estimate of drug-likeness (QED) is 0.738. The van der Waals surface area contributed by atoms with Crippen LogP contribution in [0.5, 0.6) is 0 Å². The van der Waals surface area contributed by atoms with Crippen LogP contribution in [0, 0.1) is 40.4 Å². The van der Waals surface area contributed by atoms with E-state index in [0.717, 1.165) is 44.9 Å². The zero-order valence-electron chi connectivity index (χ0n) is 17.6. The summed E-state index contributed by atoms with van der Waals surface area (Å²) in [5.74, 6) is 1.51. The number of rotatable bonds is 4. The number of aliphatic carboxylic acids is 1. The minimum absolute atomic E-state index is 0.0755. The van der Waals surface area contributed by atoms with Gasteiger partial charge in [-0.25, -0.2) is 0 Å². The Labute approximate surface area is 168 Å². The molecular formula is C24H36O4. The number of carboxylic acids is 1.